The Hall–Kier alpha value is -2.18. The van der Waals surface area contributed by atoms with Crippen molar-refractivity contribution in [1.29, 1.82) is 0 Å². The molecule has 0 radical (unpaired) electrons. The molecule has 1 saturated heterocycles. The van der Waals surface area contributed by atoms with Crippen LogP contribution >= 0.6 is 0 Å². The molecule has 26 heavy (non-hydrogen) atoms. The fraction of sp³-hybridized carbons (Fsp3) is 0.600. The maximum Gasteiger partial charge on any atom is 0.374 e. The van der Waals surface area contributed by atoms with E-state index in [-0.39, 0.29) is 12.2 Å². The number of rotatable bonds is 6. The largest absolute Gasteiger partial charge is 0.497 e. The number of carbonyl (C=O) groups is 2. The number of hydrogen-bond acceptors (Lipinski definition) is 9. The summed E-state index contributed by atoms with van der Waals surface area (Å²) in [5.41, 5.74) is 0. The molecule has 2 rings (SSSR count). The molecule has 0 amide bonds. The zero-order chi connectivity index (χ0) is 19.6. The second kappa shape index (κ2) is 8.01. The number of aliphatic hydroxyl groups excluding tert-OH is 3. The highest BCUT2D eigenvalue weighted by atomic mass is 16.7. The van der Waals surface area contributed by atoms with Crippen molar-refractivity contribution in [2.75, 3.05) is 7.11 Å². The Labute approximate surface area is 147 Å². The first kappa shape index (κ1) is 20.1. The molecule has 0 aliphatic carbocycles. The molecule has 2 aliphatic rings. The molecule has 0 aromatic heterocycles. The Kier molecular flexibility index (Phi) is 6.21. The van der Waals surface area contributed by atoms with Gasteiger partial charge in [0.2, 0.25) is 5.76 Å². The zero-order valence-electron chi connectivity index (χ0n) is 13.7. The first-order valence-corrected chi connectivity index (χ1v) is 7.58. The lowest BCUT2D eigenvalue weighted by molar-refractivity contribution is -0.310. The van der Waals surface area contributed by atoms with Gasteiger partial charge in [-0.1, -0.05) is 6.58 Å². The Morgan fingerprint density at radius 2 is 1.85 bits per heavy atom. The number of hydrogen-bond donors (Lipinski definition) is 5. The fourth-order valence-electron chi connectivity index (χ4n) is 2.68. The average Bonchev–Trinajstić information content (AvgIpc) is 2.60. The normalized spacial score (nSPS) is 37.6. The van der Waals surface area contributed by atoms with E-state index in [2.05, 4.69) is 6.58 Å². The number of methoxy groups -OCH3 is 1. The van der Waals surface area contributed by atoms with Crippen LogP contribution in [0.3, 0.4) is 0 Å². The summed E-state index contributed by atoms with van der Waals surface area (Å²) in [6, 6.07) is 0. The third-order valence-corrected chi connectivity index (χ3v) is 4.06. The van der Waals surface area contributed by atoms with Gasteiger partial charge in [-0.05, 0) is 6.08 Å². The minimum absolute atomic E-state index is 0.0405. The minimum Gasteiger partial charge on any atom is -0.497 e. The van der Waals surface area contributed by atoms with E-state index in [1.165, 1.54) is 13.2 Å². The molecule has 146 valence electrons. The van der Waals surface area contributed by atoms with Gasteiger partial charge in [-0.3, -0.25) is 0 Å². The van der Waals surface area contributed by atoms with E-state index in [0.717, 1.165) is 0 Å². The first-order valence-electron chi connectivity index (χ1n) is 7.58. The summed E-state index contributed by atoms with van der Waals surface area (Å²) < 4.78 is 20.8. The van der Waals surface area contributed by atoms with Gasteiger partial charge in [0.05, 0.1) is 7.11 Å². The molecule has 7 atom stereocenters. The van der Waals surface area contributed by atoms with Gasteiger partial charge in [0.15, 0.2) is 12.4 Å². The van der Waals surface area contributed by atoms with Crippen LogP contribution in [-0.2, 0) is 28.5 Å². The molecule has 1 fully saturated rings. The lowest BCUT2D eigenvalue weighted by Gasteiger charge is -2.41. The second-order valence-electron chi connectivity index (χ2n) is 5.69. The van der Waals surface area contributed by atoms with Crippen LogP contribution in [0.4, 0.5) is 0 Å². The van der Waals surface area contributed by atoms with Gasteiger partial charge < -0.3 is 44.5 Å². The summed E-state index contributed by atoms with van der Waals surface area (Å²) in [5, 5.41) is 47.7. The van der Waals surface area contributed by atoms with Gasteiger partial charge in [-0.25, -0.2) is 9.59 Å². The molecular formula is C15H20O11. The number of aliphatic hydroxyl groups is 3. The fourth-order valence-corrected chi connectivity index (χ4v) is 2.68. The predicted molar refractivity (Wildman–Crippen MR) is 80.5 cm³/mol. The first-order chi connectivity index (χ1) is 12.2. The highest BCUT2D eigenvalue weighted by Gasteiger charge is 2.49. The Morgan fingerprint density at radius 3 is 2.35 bits per heavy atom. The molecule has 4 unspecified atom stereocenters. The quantitative estimate of drug-likeness (QED) is 0.330. The van der Waals surface area contributed by atoms with Gasteiger partial charge in [-0.2, -0.15) is 0 Å². The van der Waals surface area contributed by atoms with Crippen molar-refractivity contribution in [3.63, 3.8) is 0 Å². The molecule has 11 heteroatoms. The summed E-state index contributed by atoms with van der Waals surface area (Å²) in [7, 11) is 1.24. The summed E-state index contributed by atoms with van der Waals surface area (Å²) in [6.07, 6.45) is -9.63. The third-order valence-electron chi connectivity index (χ3n) is 4.06. The molecule has 0 spiro atoms. The van der Waals surface area contributed by atoms with Crippen molar-refractivity contribution in [3.8, 4) is 0 Å². The van der Waals surface area contributed by atoms with E-state index in [0.29, 0.717) is 0 Å². The monoisotopic (exact) mass is 376 g/mol. The molecule has 2 aliphatic heterocycles. The van der Waals surface area contributed by atoms with E-state index in [4.69, 9.17) is 29.2 Å². The molecular weight excluding hydrogens is 356 g/mol. The maximum atomic E-state index is 11.2. The number of aliphatic carboxylic acids is 2. The van der Waals surface area contributed by atoms with Crippen molar-refractivity contribution in [2.45, 2.75) is 49.3 Å². The standard InChI is InChI=1S/C15H20O11/c1-3-5-6(4-7(23-2)11(24-5)13(19)20)25-15-10(18)8(16)9(17)12(26-15)14(21)22/h3,5-6,8-10,12,15-18H,1,4H2,2H3,(H,19,20)(H,21,22)/t5-,6?,8?,9+,10?,12?,15-/m1/s1. The van der Waals surface area contributed by atoms with Crippen LogP contribution in [-0.4, -0.2) is 87.5 Å². The van der Waals surface area contributed by atoms with Crippen LogP contribution in [0, 0.1) is 0 Å². The molecule has 5 N–H and O–H groups in total. The number of ether oxygens (including phenoxy) is 4. The summed E-state index contributed by atoms with van der Waals surface area (Å²) >= 11 is 0. The van der Waals surface area contributed by atoms with Crippen LogP contribution in [0.1, 0.15) is 6.42 Å². The third kappa shape index (κ3) is 3.81. The molecule has 2 heterocycles. The molecule has 0 aromatic carbocycles. The topological polar surface area (TPSA) is 172 Å². The van der Waals surface area contributed by atoms with Gasteiger partial charge in [-0.15, -0.1) is 0 Å². The van der Waals surface area contributed by atoms with Crippen molar-refractivity contribution in [3.05, 3.63) is 24.2 Å². The van der Waals surface area contributed by atoms with E-state index in [1.54, 1.807) is 0 Å². The predicted octanol–water partition coefficient (Wildman–Crippen LogP) is -1.82. The molecule has 0 aromatic rings. The van der Waals surface area contributed by atoms with Gasteiger partial charge in [0.1, 0.15) is 36.3 Å². The zero-order valence-corrected chi connectivity index (χ0v) is 13.7. The van der Waals surface area contributed by atoms with E-state index in [9.17, 15) is 24.9 Å². The molecule has 11 nitrogen and oxygen atoms in total. The Balaban J connectivity index is 2.21. The van der Waals surface area contributed by atoms with Crippen molar-refractivity contribution < 1.29 is 54.1 Å². The SMILES string of the molecule is C=C[C@H]1OC(C(=O)O)=C(OC)CC1O[C@@H]1OC(C(=O)O)[C@@H](O)C(O)C1O. The van der Waals surface area contributed by atoms with Crippen LogP contribution in [0.15, 0.2) is 24.2 Å². The van der Waals surface area contributed by atoms with Crippen molar-refractivity contribution >= 4 is 11.9 Å². The van der Waals surface area contributed by atoms with Crippen LogP contribution < -0.4 is 0 Å². The average molecular weight is 376 g/mol. The van der Waals surface area contributed by atoms with Crippen LogP contribution in [0.5, 0.6) is 0 Å². The van der Waals surface area contributed by atoms with Gasteiger partial charge in [0, 0.05) is 6.42 Å². The van der Waals surface area contributed by atoms with Crippen molar-refractivity contribution in [2.24, 2.45) is 0 Å². The van der Waals surface area contributed by atoms with E-state index in [1.807, 2.05) is 0 Å². The smallest absolute Gasteiger partial charge is 0.374 e. The summed E-state index contributed by atoms with van der Waals surface area (Å²) in [6.45, 7) is 3.51. The second-order valence-corrected chi connectivity index (χ2v) is 5.69. The van der Waals surface area contributed by atoms with Gasteiger partial charge >= 0.3 is 11.9 Å². The highest BCUT2D eigenvalue weighted by Crippen LogP contribution is 2.31. The van der Waals surface area contributed by atoms with E-state index < -0.39 is 60.6 Å². The maximum absolute atomic E-state index is 11.2. The lowest BCUT2D eigenvalue weighted by atomic mass is 9.98. The minimum atomic E-state index is -1.85. The van der Waals surface area contributed by atoms with Crippen molar-refractivity contribution in [1.82, 2.24) is 0 Å². The molecule has 0 bridgehead atoms. The van der Waals surface area contributed by atoms with Crippen LogP contribution in [0.25, 0.3) is 0 Å². The van der Waals surface area contributed by atoms with Gasteiger partial charge in [0.25, 0.3) is 0 Å². The Morgan fingerprint density at radius 1 is 1.19 bits per heavy atom. The summed E-state index contributed by atoms with van der Waals surface area (Å²) in [4.78, 5) is 22.3. The summed E-state index contributed by atoms with van der Waals surface area (Å²) in [5.74, 6) is -3.38. The van der Waals surface area contributed by atoms with Crippen LogP contribution in [0.2, 0.25) is 0 Å². The van der Waals surface area contributed by atoms with E-state index >= 15 is 0 Å². The number of carboxylic acids is 2. The highest BCUT2D eigenvalue weighted by molar-refractivity contribution is 5.85. The number of carboxylic acid groups (broad SMARTS) is 2. The lowest BCUT2D eigenvalue weighted by Crippen LogP contribution is -2.61. The molecule has 0 saturated carbocycles. The Bertz CT molecular complexity index is 600.